The van der Waals surface area contributed by atoms with E-state index in [2.05, 4.69) is 29.4 Å². The van der Waals surface area contributed by atoms with Gasteiger partial charge in [-0.05, 0) is 43.7 Å². The van der Waals surface area contributed by atoms with E-state index in [4.69, 9.17) is 0 Å². The van der Waals surface area contributed by atoms with Gasteiger partial charge in [0, 0.05) is 45.5 Å². The van der Waals surface area contributed by atoms with E-state index in [9.17, 15) is 9.90 Å². The van der Waals surface area contributed by atoms with E-state index < -0.39 is 0 Å². The van der Waals surface area contributed by atoms with Crippen LogP contribution in [0.4, 0.5) is 10.5 Å². The summed E-state index contributed by atoms with van der Waals surface area (Å²) in [6.07, 6.45) is 4.03. The highest BCUT2D eigenvalue weighted by Crippen LogP contribution is 2.15. The maximum Gasteiger partial charge on any atom is 0.317 e. The fourth-order valence-corrected chi connectivity index (χ4v) is 2.99. The van der Waals surface area contributed by atoms with Gasteiger partial charge >= 0.3 is 6.03 Å². The van der Waals surface area contributed by atoms with E-state index in [0.717, 1.165) is 38.8 Å². The molecule has 5 heteroatoms. The molecule has 23 heavy (non-hydrogen) atoms. The summed E-state index contributed by atoms with van der Waals surface area (Å²) in [5, 5.41) is 12.2. The Morgan fingerprint density at radius 3 is 2.87 bits per heavy atom. The summed E-state index contributed by atoms with van der Waals surface area (Å²) in [5.41, 5.74) is 1.22. The zero-order valence-electron chi connectivity index (χ0n) is 14.1. The van der Waals surface area contributed by atoms with E-state index in [1.807, 2.05) is 23.1 Å². The molecule has 1 heterocycles. The quantitative estimate of drug-likeness (QED) is 0.758. The number of hydrogen-bond acceptors (Lipinski definition) is 3. The minimum Gasteiger partial charge on any atom is -0.396 e. The third-order valence-corrected chi connectivity index (χ3v) is 4.46. The fraction of sp³-hybridized carbons (Fsp3) is 0.611. The molecule has 1 fully saturated rings. The maximum absolute atomic E-state index is 12.1. The predicted molar refractivity (Wildman–Crippen MR) is 93.7 cm³/mol. The normalized spacial score (nSPS) is 17.8. The molecule has 0 aromatic heterocycles. The molecule has 1 unspecified atom stereocenters. The van der Waals surface area contributed by atoms with Gasteiger partial charge in [0.1, 0.15) is 0 Å². The highest BCUT2D eigenvalue weighted by molar-refractivity contribution is 5.74. The predicted octanol–water partition coefficient (Wildman–Crippen LogP) is 2.32. The first-order valence-electron chi connectivity index (χ1n) is 8.60. The molecular weight excluding hydrogens is 290 g/mol. The first kappa shape index (κ1) is 17.6. The Morgan fingerprint density at radius 1 is 1.35 bits per heavy atom. The van der Waals surface area contributed by atoms with Gasteiger partial charge in [0.15, 0.2) is 0 Å². The second kappa shape index (κ2) is 9.40. The number of nitrogens with zero attached hydrogens (tertiary/aromatic N) is 2. The Morgan fingerprint density at radius 2 is 2.13 bits per heavy atom. The average molecular weight is 319 g/mol. The second-order valence-electron chi connectivity index (χ2n) is 6.33. The van der Waals surface area contributed by atoms with E-state index in [1.54, 1.807) is 0 Å². The lowest BCUT2D eigenvalue weighted by molar-refractivity contribution is 0.129. The molecule has 1 saturated heterocycles. The zero-order chi connectivity index (χ0) is 16.5. The number of amides is 2. The smallest absolute Gasteiger partial charge is 0.317 e. The third kappa shape index (κ3) is 5.75. The zero-order valence-corrected chi connectivity index (χ0v) is 14.1. The van der Waals surface area contributed by atoms with Crippen molar-refractivity contribution in [2.45, 2.75) is 25.7 Å². The molecule has 1 aliphatic rings. The van der Waals surface area contributed by atoms with Crippen LogP contribution >= 0.6 is 0 Å². The minimum atomic E-state index is 0.0135. The van der Waals surface area contributed by atoms with Crippen LogP contribution < -0.4 is 10.2 Å². The minimum absolute atomic E-state index is 0.0135. The highest BCUT2D eigenvalue weighted by Gasteiger charge is 2.22. The van der Waals surface area contributed by atoms with Crippen molar-refractivity contribution in [3.8, 4) is 0 Å². The number of aliphatic hydroxyl groups excluding tert-OH is 1. The first-order valence-corrected chi connectivity index (χ1v) is 8.60. The van der Waals surface area contributed by atoms with Crippen molar-refractivity contribution in [3.05, 3.63) is 30.3 Å². The topological polar surface area (TPSA) is 55.8 Å². The Bertz CT molecular complexity index is 467. The monoisotopic (exact) mass is 319 g/mol. The van der Waals surface area contributed by atoms with Gasteiger partial charge in [-0.1, -0.05) is 18.2 Å². The number of likely N-dealkylation sites (tertiary alicyclic amines) is 1. The van der Waals surface area contributed by atoms with Crippen molar-refractivity contribution in [2.75, 3.05) is 44.7 Å². The number of carbonyl (C=O) groups excluding carboxylic acids is 1. The average Bonchev–Trinajstić information content (AvgIpc) is 2.61. The molecular formula is C18H29N3O2. The standard InChI is InChI=1S/C18H29N3O2/c1-20(17-9-3-2-4-10-17)12-6-5-11-19-18(23)21-13-7-8-16(14-21)15-22/h2-4,9-10,16,22H,5-8,11-15H2,1H3,(H,19,23). The number of hydrogen-bond donors (Lipinski definition) is 2. The van der Waals surface area contributed by atoms with Crippen molar-refractivity contribution in [1.82, 2.24) is 10.2 Å². The molecule has 0 saturated carbocycles. The van der Waals surface area contributed by atoms with Crippen molar-refractivity contribution in [1.29, 1.82) is 0 Å². The number of urea groups is 1. The summed E-state index contributed by atoms with van der Waals surface area (Å²) in [4.78, 5) is 16.2. The van der Waals surface area contributed by atoms with E-state index in [1.165, 1.54) is 5.69 Å². The van der Waals surface area contributed by atoms with Crippen molar-refractivity contribution < 1.29 is 9.90 Å². The molecule has 0 bridgehead atoms. The van der Waals surface area contributed by atoms with Crippen LogP contribution in [0.3, 0.4) is 0 Å². The highest BCUT2D eigenvalue weighted by atomic mass is 16.3. The van der Waals surface area contributed by atoms with Gasteiger partial charge in [-0.3, -0.25) is 0 Å². The van der Waals surface area contributed by atoms with Crippen molar-refractivity contribution in [2.24, 2.45) is 5.92 Å². The number of rotatable bonds is 7. The first-order chi connectivity index (χ1) is 11.2. The lowest BCUT2D eigenvalue weighted by Gasteiger charge is -2.31. The van der Waals surface area contributed by atoms with Crippen molar-refractivity contribution >= 4 is 11.7 Å². The van der Waals surface area contributed by atoms with Gasteiger partial charge in [-0.15, -0.1) is 0 Å². The number of benzene rings is 1. The molecule has 2 rings (SSSR count). The summed E-state index contributed by atoms with van der Waals surface area (Å²) in [6.45, 7) is 3.35. The van der Waals surface area contributed by atoms with Crippen LogP contribution in [0.5, 0.6) is 0 Å². The summed E-state index contributed by atoms with van der Waals surface area (Å²) in [7, 11) is 2.09. The largest absolute Gasteiger partial charge is 0.396 e. The maximum atomic E-state index is 12.1. The van der Waals surface area contributed by atoms with E-state index >= 15 is 0 Å². The van der Waals surface area contributed by atoms with Crippen LogP contribution in [-0.2, 0) is 0 Å². The molecule has 0 aliphatic carbocycles. The summed E-state index contributed by atoms with van der Waals surface area (Å²) in [5.74, 6) is 0.244. The Labute approximate surface area is 139 Å². The van der Waals surface area contributed by atoms with Gasteiger partial charge in [0.2, 0.25) is 0 Å². The van der Waals surface area contributed by atoms with Crippen LogP contribution in [0, 0.1) is 5.92 Å². The third-order valence-electron chi connectivity index (χ3n) is 4.46. The van der Waals surface area contributed by atoms with Crippen LogP contribution in [0.1, 0.15) is 25.7 Å². The van der Waals surface area contributed by atoms with E-state index in [0.29, 0.717) is 13.1 Å². The summed E-state index contributed by atoms with van der Waals surface area (Å²) >= 11 is 0. The second-order valence-corrected chi connectivity index (χ2v) is 6.33. The van der Waals surface area contributed by atoms with Crippen molar-refractivity contribution in [3.63, 3.8) is 0 Å². The molecule has 1 aliphatic heterocycles. The number of aliphatic hydroxyl groups is 1. The molecule has 2 N–H and O–H groups in total. The number of nitrogens with one attached hydrogen (secondary N) is 1. The van der Waals surface area contributed by atoms with Gasteiger partial charge < -0.3 is 20.2 Å². The fourth-order valence-electron chi connectivity index (χ4n) is 2.99. The van der Waals surface area contributed by atoms with Gasteiger partial charge in [-0.25, -0.2) is 4.79 Å². The molecule has 1 aromatic carbocycles. The molecule has 0 radical (unpaired) electrons. The Kier molecular flexibility index (Phi) is 7.20. The number of anilines is 1. The van der Waals surface area contributed by atoms with Gasteiger partial charge in [0.25, 0.3) is 0 Å². The lowest BCUT2D eigenvalue weighted by Crippen LogP contribution is -2.46. The Hall–Kier alpha value is -1.75. The number of carbonyl (C=O) groups is 1. The summed E-state index contributed by atoms with van der Waals surface area (Å²) in [6, 6.07) is 10.3. The van der Waals surface area contributed by atoms with Gasteiger partial charge in [-0.2, -0.15) is 0 Å². The molecule has 128 valence electrons. The van der Waals surface area contributed by atoms with Crippen LogP contribution in [0.15, 0.2) is 30.3 Å². The van der Waals surface area contributed by atoms with Gasteiger partial charge in [0.05, 0.1) is 0 Å². The Balaban J connectivity index is 1.59. The van der Waals surface area contributed by atoms with Crippen LogP contribution in [0.25, 0.3) is 0 Å². The number of piperidine rings is 1. The molecule has 2 amide bonds. The van der Waals surface area contributed by atoms with Crippen LogP contribution in [0.2, 0.25) is 0 Å². The van der Waals surface area contributed by atoms with E-state index in [-0.39, 0.29) is 18.6 Å². The number of para-hydroxylation sites is 1. The van der Waals surface area contributed by atoms with Crippen LogP contribution in [-0.4, -0.2) is 55.9 Å². The molecule has 0 spiro atoms. The molecule has 1 aromatic rings. The molecule has 5 nitrogen and oxygen atoms in total. The number of unbranched alkanes of at least 4 members (excludes halogenated alkanes) is 1. The summed E-state index contributed by atoms with van der Waals surface area (Å²) < 4.78 is 0. The molecule has 1 atom stereocenters. The SMILES string of the molecule is CN(CCCCNC(=O)N1CCCC(CO)C1)c1ccccc1. The lowest BCUT2D eigenvalue weighted by atomic mass is 9.99.